The molecule has 3 aromatic carbocycles. The van der Waals surface area contributed by atoms with Gasteiger partial charge in [0.2, 0.25) is 0 Å². The van der Waals surface area contributed by atoms with Gasteiger partial charge in [0.15, 0.2) is 4.80 Å². The topological polar surface area (TPSA) is 43.6 Å². The zero-order valence-electron chi connectivity index (χ0n) is 18.8. The van der Waals surface area contributed by atoms with Crippen molar-refractivity contribution in [3.8, 4) is 5.75 Å². The molecule has 1 aliphatic carbocycles. The lowest BCUT2D eigenvalue weighted by atomic mass is 9.83. The third-order valence-electron chi connectivity index (χ3n) is 6.56. The highest BCUT2D eigenvalue weighted by Crippen LogP contribution is 2.43. The first-order chi connectivity index (χ1) is 17.0. The van der Waals surface area contributed by atoms with Crippen LogP contribution in [0.4, 0.5) is 0 Å². The predicted molar refractivity (Wildman–Crippen MR) is 142 cm³/mol. The molecule has 0 saturated heterocycles. The minimum absolute atomic E-state index is 0.0962. The largest absolute Gasteiger partial charge is 0.496 e. The molecule has 1 atom stereocenters. The fourth-order valence-corrected chi connectivity index (χ4v) is 6.45. The van der Waals surface area contributed by atoms with Crippen molar-refractivity contribution in [3.63, 3.8) is 0 Å². The van der Waals surface area contributed by atoms with Crippen molar-refractivity contribution in [2.24, 2.45) is 4.99 Å². The molecule has 4 aromatic rings. The molecule has 1 aromatic heterocycles. The van der Waals surface area contributed by atoms with Crippen molar-refractivity contribution in [2.75, 3.05) is 7.11 Å². The molecule has 35 heavy (non-hydrogen) atoms. The maximum absolute atomic E-state index is 13.8. The Morgan fingerprint density at radius 3 is 2.69 bits per heavy atom. The molecule has 7 heteroatoms. The lowest BCUT2D eigenvalue weighted by Gasteiger charge is -2.31. The van der Waals surface area contributed by atoms with Gasteiger partial charge in [-0.2, -0.15) is 0 Å². The normalized spacial score (nSPS) is 16.9. The number of para-hydroxylation sites is 1. The summed E-state index contributed by atoms with van der Waals surface area (Å²) in [7, 11) is 1.63. The van der Waals surface area contributed by atoms with Gasteiger partial charge in [-0.1, -0.05) is 83.1 Å². The van der Waals surface area contributed by atoms with Gasteiger partial charge in [0.25, 0.3) is 5.56 Å². The number of thiazole rings is 1. The van der Waals surface area contributed by atoms with Crippen molar-refractivity contribution < 1.29 is 4.74 Å². The Balaban J connectivity index is 1.65. The Bertz CT molecular complexity index is 1700. The van der Waals surface area contributed by atoms with E-state index in [1.165, 1.54) is 16.9 Å². The first-order valence-electron chi connectivity index (χ1n) is 11.3. The number of methoxy groups -OCH3 is 1. The maximum Gasteiger partial charge on any atom is 0.271 e. The number of allylic oxidation sites excluding steroid dienone is 1. The maximum atomic E-state index is 13.8. The number of hydrogen-bond acceptors (Lipinski definition) is 4. The molecule has 4 nitrogen and oxygen atoms in total. The number of ether oxygens (including phenoxy) is 1. The summed E-state index contributed by atoms with van der Waals surface area (Å²) in [5.41, 5.74) is 6.02. The van der Waals surface area contributed by atoms with E-state index in [-0.39, 0.29) is 11.6 Å². The Morgan fingerprint density at radius 1 is 1.06 bits per heavy atom. The lowest BCUT2D eigenvalue weighted by molar-refractivity contribution is 0.414. The van der Waals surface area contributed by atoms with Crippen LogP contribution in [0.1, 0.15) is 34.7 Å². The number of fused-ring (bicyclic) bond motifs is 3. The standard InChI is InChI=1S/C28H20Cl2N2O2S/c1-34-23-9-5-3-7-17(23)14-24-27(33)32-26(20-13-11-18(29)15-22(20)30)21-12-10-16-6-2-4-8-19(16)25(21)31-28(32)35-24/h2-9,11,13-15,26H,10,12H2,1H3. The van der Waals surface area contributed by atoms with E-state index in [0.29, 0.717) is 25.1 Å². The third-order valence-corrected chi connectivity index (χ3v) is 8.10. The minimum atomic E-state index is -0.348. The number of aromatic nitrogens is 1. The molecule has 2 heterocycles. The number of benzene rings is 3. The van der Waals surface area contributed by atoms with E-state index in [4.69, 9.17) is 32.9 Å². The molecule has 0 bridgehead atoms. The molecule has 2 aliphatic rings. The highest BCUT2D eigenvalue weighted by molar-refractivity contribution is 7.07. The van der Waals surface area contributed by atoms with E-state index in [1.807, 2.05) is 48.5 Å². The van der Waals surface area contributed by atoms with Gasteiger partial charge in [-0.3, -0.25) is 9.36 Å². The van der Waals surface area contributed by atoms with Gasteiger partial charge in [0.05, 0.1) is 23.4 Å². The van der Waals surface area contributed by atoms with Gasteiger partial charge in [-0.05, 0) is 53.8 Å². The van der Waals surface area contributed by atoms with Gasteiger partial charge < -0.3 is 4.74 Å². The van der Waals surface area contributed by atoms with Crippen LogP contribution < -0.4 is 19.6 Å². The zero-order chi connectivity index (χ0) is 24.1. The highest BCUT2D eigenvalue weighted by atomic mass is 35.5. The van der Waals surface area contributed by atoms with Crippen LogP contribution in [-0.4, -0.2) is 11.7 Å². The average Bonchev–Trinajstić information content (AvgIpc) is 3.18. The molecule has 0 spiro atoms. The van der Waals surface area contributed by atoms with Crippen LogP contribution in [0.15, 0.2) is 82.1 Å². The molecule has 6 rings (SSSR count). The number of aryl methyl sites for hydroxylation is 1. The van der Waals surface area contributed by atoms with E-state index in [1.54, 1.807) is 17.7 Å². The van der Waals surface area contributed by atoms with E-state index < -0.39 is 0 Å². The fourth-order valence-electron chi connectivity index (χ4n) is 4.95. The quantitative estimate of drug-likeness (QED) is 0.352. The van der Waals surface area contributed by atoms with Crippen LogP contribution in [0, 0.1) is 0 Å². The summed E-state index contributed by atoms with van der Waals surface area (Å²) < 4.78 is 7.88. The highest BCUT2D eigenvalue weighted by Gasteiger charge is 2.33. The summed E-state index contributed by atoms with van der Waals surface area (Å²) in [6.07, 6.45) is 3.56. The molecular formula is C28H20Cl2N2O2S. The van der Waals surface area contributed by atoms with Crippen LogP contribution in [0.5, 0.6) is 5.75 Å². The van der Waals surface area contributed by atoms with Gasteiger partial charge >= 0.3 is 0 Å². The Morgan fingerprint density at radius 2 is 1.86 bits per heavy atom. The van der Waals surface area contributed by atoms with Crippen molar-refractivity contribution in [2.45, 2.75) is 18.9 Å². The molecule has 1 unspecified atom stereocenters. The van der Waals surface area contributed by atoms with Crippen molar-refractivity contribution >= 4 is 46.3 Å². The lowest BCUT2D eigenvalue weighted by Crippen LogP contribution is -2.38. The van der Waals surface area contributed by atoms with Gasteiger partial charge in [0.1, 0.15) is 5.75 Å². The van der Waals surface area contributed by atoms with E-state index >= 15 is 0 Å². The van der Waals surface area contributed by atoms with Crippen molar-refractivity contribution in [1.82, 2.24) is 4.57 Å². The Labute approximate surface area is 216 Å². The van der Waals surface area contributed by atoms with Crippen LogP contribution in [0.2, 0.25) is 10.0 Å². The third kappa shape index (κ3) is 3.75. The molecule has 0 saturated carbocycles. The number of nitrogens with zero attached hydrogens (tertiary/aromatic N) is 2. The van der Waals surface area contributed by atoms with E-state index in [0.717, 1.165) is 40.8 Å². The van der Waals surface area contributed by atoms with Gasteiger partial charge in [-0.25, -0.2) is 4.99 Å². The molecular weight excluding hydrogens is 499 g/mol. The number of halogens is 2. The monoisotopic (exact) mass is 518 g/mol. The Hall–Kier alpha value is -3.12. The van der Waals surface area contributed by atoms with Crippen LogP contribution >= 0.6 is 34.5 Å². The van der Waals surface area contributed by atoms with E-state index in [2.05, 4.69) is 18.2 Å². The second kappa shape index (κ2) is 8.83. The predicted octanol–water partition coefficient (Wildman–Crippen LogP) is 5.63. The van der Waals surface area contributed by atoms with E-state index in [9.17, 15) is 4.79 Å². The summed E-state index contributed by atoms with van der Waals surface area (Å²) in [5, 5.41) is 1.10. The molecule has 174 valence electrons. The summed E-state index contributed by atoms with van der Waals surface area (Å²) in [4.78, 5) is 19.5. The SMILES string of the molecule is COc1ccccc1C=c1sc2n(c1=O)C(c1ccc(Cl)cc1Cl)C1=C(N=2)c2ccccc2CC1. The number of rotatable bonds is 3. The van der Waals surface area contributed by atoms with Crippen LogP contribution in [0.25, 0.3) is 11.8 Å². The first-order valence-corrected chi connectivity index (χ1v) is 12.8. The summed E-state index contributed by atoms with van der Waals surface area (Å²) in [6.45, 7) is 0. The molecule has 1 aliphatic heterocycles. The smallest absolute Gasteiger partial charge is 0.271 e. The number of hydrogen-bond donors (Lipinski definition) is 0. The van der Waals surface area contributed by atoms with Crippen molar-refractivity contribution in [3.05, 3.63) is 124 Å². The van der Waals surface area contributed by atoms with Crippen LogP contribution in [0.3, 0.4) is 0 Å². The second-order valence-corrected chi connectivity index (χ2v) is 10.4. The summed E-state index contributed by atoms with van der Waals surface area (Å²) >= 11 is 14.3. The molecule has 0 radical (unpaired) electrons. The van der Waals surface area contributed by atoms with Gasteiger partial charge in [0, 0.05) is 21.2 Å². The van der Waals surface area contributed by atoms with Crippen LogP contribution in [-0.2, 0) is 6.42 Å². The molecule has 0 N–H and O–H groups in total. The Kier molecular flexibility index (Phi) is 5.64. The van der Waals surface area contributed by atoms with Crippen molar-refractivity contribution in [1.29, 1.82) is 0 Å². The summed E-state index contributed by atoms with van der Waals surface area (Å²) in [6, 6.07) is 21.1. The molecule has 0 fully saturated rings. The average molecular weight is 519 g/mol. The fraction of sp³-hybridized carbons (Fsp3) is 0.143. The molecule has 0 amide bonds. The first kappa shape index (κ1) is 22.4. The zero-order valence-corrected chi connectivity index (χ0v) is 21.1. The van der Waals surface area contributed by atoms with Gasteiger partial charge in [-0.15, -0.1) is 0 Å². The minimum Gasteiger partial charge on any atom is -0.496 e. The summed E-state index contributed by atoms with van der Waals surface area (Å²) in [5.74, 6) is 0.712. The second-order valence-electron chi connectivity index (χ2n) is 8.52.